The number of carbonyl (C=O) groups is 2. The van der Waals surface area contributed by atoms with Crippen molar-refractivity contribution in [2.24, 2.45) is 5.73 Å². The Morgan fingerprint density at radius 1 is 1.18 bits per heavy atom. The molecule has 0 spiro atoms. The van der Waals surface area contributed by atoms with Gasteiger partial charge in [0.15, 0.2) is 11.5 Å². The molecule has 1 heterocycles. The van der Waals surface area contributed by atoms with Gasteiger partial charge in [0.05, 0.1) is 25.7 Å². The average Bonchev–Trinajstić information content (AvgIpc) is 2.78. The van der Waals surface area contributed by atoms with Gasteiger partial charge in [0, 0.05) is 17.1 Å². The van der Waals surface area contributed by atoms with Crippen LogP contribution >= 0.6 is 11.6 Å². The number of nitrogens with zero attached hydrogens (tertiary/aromatic N) is 1. The van der Waals surface area contributed by atoms with Crippen molar-refractivity contribution in [2.75, 3.05) is 7.11 Å². The summed E-state index contributed by atoms with van der Waals surface area (Å²) < 4.78 is 11.6. The Morgan fingerprint density at radius 3 is 2.56 bits per heavy atom. The molecule has 1 aliphatic carbocycles. The Labute approximate surface area is 205 Å². The number of methoxy groups -OCH3 is 1. The molecule has 2 aliphatic rings. The van der Waals surface area contributed by atoms with E-state index in [4.69, 9.17) is 26.8 Å². The Balaban J connectivity index is 1.80. The van der Waals surface area contributed by atoms with Crippen molar-refractivity contribution in [1.29, 1.82) is 0 Å². The molecule has 3 atom stereocenters. The Morgan fingerprint density at radius 2 is 1.91 bits per heavy atom. The van der Waals surface area contributed by atoms with Gasteiger partial charge in [0.25, 0.3) is 0 Å². The molecule has 3 unspecified atom stereocenters. The number of primary amides is 1. The maximum Gasteiger partial charge on any atom is 0.312 e. The van der Waals surface area contributed by atoms with E-state index in [9.17, 15) is 9.59 Å². The number of nitrogens with one attached hydrogen (secondary N) is 1. The third-order valence-electron chi connectivity index (χ3n) is 6.56. The number of halogens is 1. The number of hydrogen-bond donors (Lipinski definition) is 2. The van der Waals surface area contributed by atoms with E-state index in [0.29, 0.717) is 22.9 Å². The molecule has 34 heavy (non-hydrogen) atoms. The number of hydrogen-bond acceptors (Lipinski definition) is 4. The first-order chi connectivity index (χ1) is 16.3. The molecule has 0 radical (unpaired) electrons. The number of ether oxygens (including phenoxy) is 2. The average molecular weight is 486 g/mol. The van der Waals surface area contributed by atoms with Crippen LogP contribution < -0.4 is 20.5 Å². The second-order valence-corrected chi connectivity index (χ2v) is 9.76. The minimum atomic E-state index is -0.530. The molecule has 3 amide bonds. The number of amides is 3. The number of fused-ring (bicyclic) bond motifs is 1. The first kappa shape index (κ1) is 24.2. The summed E-state index contributed by atoms with van der Waals surface area (Å²) in [5, 5.41) is 3.48. The lowest BCUT2D eigenvalue weighted by Crippen LogP contribution is -2.52. The van der Waals surface area contributed by atoms with E-state index in [2.05, 4.69) is 5.32 Å². The molecule has 3 N–H and O–H groups in total. The molecule has 8 heteroatoms. The molecule has 2 aromatic carbocycles. The maximum atomic E-state index is 13.6. The van der Waals surface area contributed by atoms with Crippen molar-refractivity contribution < 1.29 is 19.1 Å². The quantitative estimate of drug-likeness (QED) is 0.625. The van der Waals surface area contributed by atoms with E-state index in [1.54, 1.807) is 7.11 Å². The van der Waals surface area contributed by atoms with Crippen LogP contribution in [0.15, 0.2) is 36.4 Å². The highest BCUT2D eigenvalue weighted by molar-refractivity contribution is 6.30. The molecule has 182 valence electrons. The highest BCUT2D eigenvalue weighted by Crippen LogP contribution is 2.44. The van der Waals surface area contributed by atoms with Crippen molar-refractivity contribution in [3.8, 4) is 11.5 Å². The topological polar surface area (TPSA) is 93.9 Å². The van der Waals surface area contributed by atoms with Crippen LogP contribution in [0.1, 0.15) is 62.3 Å². The van der Waals surface area contributed by atoms with E-state index >= 15 is 0 Å². The second kappa shape index (κ2) is 10.1. The van der Waals surface area contributed by atoms with E-state index in [0.717, 1.165) is 36.0 Å². The zero-order valence-corrected chi connectivity index (χ0v) is 20.6. The molecule has 0 aromatic heterocycles. The third-order valence-corrected chi connectivity index (χ3v) is 6.81. The van der Waals surface area contributed by atoms with Crippen molar-refractivity contribution in [3.63, 3.8) is 0 Å². The predicted octanol–water partition coefficient (Wildman–Crippen LogP) is 4.59. The highest BCUT2D eigenvalue weighted by Gasteiger charge is 2.40. The van der Waals surface area contributed by atoms with Crippen LogP contribution in [-0.4, -0.2) is 42.1 Å². The van der Waals surface area contributed by atoms with Crippen LogP contribution in [0.3, 0.4) is 0 Å². The van der Waals surface area contributed by atoms with Gasteiger partial charge in [-0.25, -0.2) is 4.79 Å². The van der Waals surface area contributed by atoms with Crippen LogP contribution in [0, 0.1) is 0 Å². The number of rotatable bonds is 6. The van der Waals surface area contributed by atoms with Crippen LogP contribution in [0.2, 0.25) is 5.02 Å². The lowest BCUT2D eigenvalue weighted by Gasteiger charge is -2.45. The minimum absolute atomic E-state index is 0.0245. The zero-order valence-electron chi connectivity index (χ0n) is 19.8. The molecule has 1 saturated carbocycles. The molecular weight excluding hydrogens is 454 g/mol. The predicted molar refractivity (Wildman–Crippen MR) is 131 cm³/mol. The van der Waals surface area contributed by atoms with Crippen LogP contribution in [0.25, 0.3) is 0 Å². The third kappa shape index (κ3) is 5.09. The van der Waals surface area contributed by atoms with Gasteiger partial charge in [-0.1, -0.05) is 23.7 Å². The summed E-state index contributed by atoms with van der Waals surface area (Å²) in [7, 11) is 1.61. The summed E-state index contributed by atoms with van der Waals surface area (Å²) in [6, 6.07) is 10.7. The van der Waals surface area contributed by atoms with E-state index in [-0.39, 0.29) is 36.6 Å². The lowest BCUT2D eigenvalue weighted by molar-refractivity contribution is -0.136. The van der Waals surface area contributed by atoms with Gasteiger partial charge in [-0.15, -0.1) is 0 Å². The summed E-state index contributed by atoms with van der Waals surface area (Å²) in [4.78, 5) is 27.1. The van der Waals surface area contributed by atoms with Crippen LogP contribution in [-0.2, 0) is 11.2 Å². The molecule has 0 saturated heterocycles. The SMILES string of the molecule is COc1cc2c(cc1OC(C)C)C(c1ccc(Cl)cc1)N(C1CCCC(NC(N)=O)C1)C(=O)C2. The smallest absolute Gasteiger partial charge is 0.312 e. The van der Waals surface area contributed by atoms with Crippen molar-refractivity contribution >= 4 is 23.5 Å². The molecule has 2 aromatic rings. The lowest BCUT2D eigenvalue weighted by atomic mass is 9.82. The first-order valence-electron chi connectivity index (χ1n) is 11.8. The van der Waals surface area contributed by atoms with Crippen molar-refractivity contribution in [2.45, 2.75) is 70.2 Å². The van der Waals surface area contributed by atoms with Gasteiger partial charge < -0.3 is 25.4 Å². The Kier molecular flexibility index (Phi) is 7.22. The molecule has 7 nitrogen and oxygen atoms in total. The van der Waals surface area contributed by atoms with E-state index in [1.165, 1.54) is 0 Å². The van der Waals surface area contributed by atoms with Gasteiger partial charge in [0.1, 0.15) is 0 Å². The number of urea groups is 1. The van der Waals surface area contributed by atoms with Gasteiger partial charge in [-0.2, -0.15) is 0 Å². The monoisotopic (exact) mass is 485 g/mol. The normalized spacial score (nSPS) is 22.3. The summed E-state index contributed by atoms with van der Waals surface area (Å²) >= 11 is 6.19. The molecular formula is C26H32ClN3O4. The van der Waals surface area contributed by atoms with Crippen LogP contribution in [0.5, 0.6) is 11.5 Å². The maximum absolute atomic E-state index is 13.6. The fourth-order valence-electron chi connectivity index (χ4n) is 5.23. The van der Waals surface area contributed by atoms with Crippen LogP contribution in [0.4, 0.5) is 4.79 Å². The van der Waals surface area contributed by atoms with Crippen molar-refractivity contribution in [1.82, 2.24) is 10.2 Å². The number of carbonyl (C=O) groups excluding carboxylic acids is 2. The molecule has 1 fully saturated rings. The fraction of sp³-hybridized carbons (Fsp3) is 0.462. The summed E-state index contributed by atoms with van der Waals surface area (Å²) in [5.74, 6) is 1.32. The van der Waals surface area contributed by atoms with E-state index in [1.807, 2.05) is 55.1 Å². The van der Waals surface area contributed by atoms with Crippen molar-refractivity contribution in [3.05, 3.63) is 58.1 Å². The standard InChI is InChI=1S/C26H32ClN3O4/c1-15(2)34-23-14-21-17(11-22(23)33-3)12-24(31)30(25(21)16-7-9-18(27)10-8-16)20-6-4-5-19(13-20)29-26(28)32/h7-11,14-15,19-20,25H,4-6,12-13H2,1-3H3,(H3,28,29,32). The van der Waals surface area contributed by atoms with Gasteiger partial charge in [-0.05, 0) is 80.5 Å². The molecule has 1 aliphatic heterocycles. The van der Waals surface area contributed by atoms with Gasteiger partial charge >= 0.3 is 6.03 Å². The number of benzene rings is 2. The fourth-order valence-corrected chi connectivity index (χ4v) is 5.35. The second-order valence-electron chi connectivity index (χ2n) is 9.33. The minimum Gasteiger partial charge on any atom is -0.493 e. The summed E-state index contributed by atoms with van der Waals surface area (Å²) in [5.41, 5.74) is 8.31. The molecule has 0 bridgehead atoms. The highest BCUT2D eigenvalue weighted by atomic mass is 35.5. The van der Waals surface area contributed by atoms with E-state index < -0.39 is 6.03 Å². The van der Waals surface area contributed by atoms with Gasteiger partial charge in [0.2, 0.25) is 5.91 Å². The molecule has 4 rings (SSSR count). The number of nitrogens with two attached hydrogens (primary N) is 1. The summed E-state index contributed by atoms with van der Waals surface area (Å²) in [6.45, 7) is 3.94. The Bertz CT molecular complexity index is 1060. The van der Waals surface area contributed by atoms with Gasteiger partial charge in [-0.3, -0.25) is 4.79 Å². The largest absolute Gasteiger partial charge is 0.493 e. The summed E-state index contributed by atoms with van der Waals surface area (Å²) in [6.07, 6.45) is 3.55. The zero-order chi connectivity index (χ0) is 24.4. The Hall–Kier alpha value is -2.93. The first-order valence-corrected chi connectivity index (χ1v) is 12.1.